The minimum absolute atomic E-state index is 0.0167. The van der Waals surface area contributed by atoms with Gasteiger partial charge in [-0.05, 0) is 52.8 Å². The van der Waals surface area contributed by atoms with Gasteiger partial charge in [-0.2, -0.15) is 0 Å². The van der Waals surface area contributed by atoms with Gasteiger partial charge in [-0.15, -0.1) is 0 Å². The van der Waals surface area contributed by atoms with Crippen molar-refractivity contribution in [1.82, 2.24) is 10.6 Å². The topological polar surface area (TPSA) is 93.4 Å². The number of rotatable bonds is 8. The zero-order valence-electron chi connectivity index (χ0n) is 18.7. The van der Waals surface area contributed by atoms with Gasteiger partial charge in [0.15, 0.2) is 0 Å². The third-order valence-electron chi connectivity index (χ3n) is 6.05. The second-order valence-electron chi connectivity index (χ2n) is 8.21. The summed E-state index contributed by atoms with van der Waals surface area (Å²) in [6.07, 6.45) is 0.572. The molecule has 33 heavy (non-hydrogen) atoms. The molecule has 1 atom stereocenters. The standard InChI is InChI=1S/C27H29N3O3/c1-2-25(26(31)29-16-15-18-11-13-19(28)14-12-18)30-27(32)33-17-24-22-9-5-3-7-20(22)21-8-4-6-10-23(21)24/h3-14,24-25H,2,15-17,28H2,1H3,(H,29,31)(H,30,32)/t25-/m0/s1. The van der Waals surface area contributed by atoms with Crippen molar-refractivity contribution < 1.29 is 14.3 Å². The molecule has 0 unspecified atom stereocenters. The van der Waals surface area contributed by atoms with Crippen molar-refractivity contribution in [3.63, 3.8) is 0 Å². The maximum absolute atomic E-state index is 12.5. The molecule has 0 saturated carbocycles. The van der Waals surface area contributed by atoms with Crippen LogP contribution in [0.15, 0.2) is 72.8 Å². The van der Waals surface area contributed by atoms with E-state index in [1.807, 2.05) is 55.5 Å². The lowest BCUT2D eigenvalue weighted by molar-refractivity contribution is -0.123. The van der Waals surface area contributed by atoms with Crippen molar-refractivity contribution >= 4 is 17.7 Å². The summed E-state index contributed by atoms with van der Waals surface area (Å²) in [6.45, 7) is 2.55. The van der Waals surface area contributed by atoms with Crippen LogP contribution in [0, 0.1) is 0 Å². The second-order valence-corrected chi connectivity index (χ2v) is 8.21. The van der Waals surface area contributed by atoms with Crippen LogP contribution in [0.4, 0.5) is 10.5 Å². The zero-order valence-corrected chi connectivity index (χ0v) is 18.7. The molecule has 0 spiro atoms. The molecule has 6 nitrogen and oxygen atoms in total. The Bertz CT molecular complexity index is 1080. The van der Waals surface area contributed by atoms with Crippen LogP contribution >= 0.6 is 0 Å². The first-order valence-electron chi connectivity index (χ1n) is 11.3. The van der Waals surface area contributed by atoms with E-state index < -0.39 is 12.1 Å². The predicted octanol–water partition coefficient (Wildman–Crippen LogP) is 4.24. The Labute approximate surface area is 194 Å². The third-order valence-corrected chi connectivity index (χ3v) is 6.05. The van der Waals surface area contributed by atoms with Crippen LogP contribution in [-0.4, -0.2) is 31.2 Å². The van der Waals surface area contributed by atoms with Crippen LogP contribution in [0.1, 0.15) is 36.0 Å². The second kappa shape index (κ2) is 10.2. The molecule has 1 aliphatic rings. The fraction of sp³-hybridized carbons (Fsp3) is 0.259. The monoisotopic (exact) mass is 443 g/mol. The summed E-state index contributed by atoms with van der Waals surface area (Å²) in [5.41, 5.74) is 12.1. The summed E-state index contributed by atoms with van der Waals surface area (Å²) >= 11 is 0. The highest BCUT2D eigenvalue weighted by Gasteiger charge is 2.29. The Morgan fingerprint density at radius 3 is 2.15 bits per heavy atom. The molecular formula is C27H29N3O3. The highest BCUT2D eigenvalue weighted by atomic mass is 16.5. The lowest BCUT2D eigenvalue weighted by Crippen LogP contribution is -2.47. The largest absolute Gasteiger partial charge is 0.449 e. The summed E-state index contributed by atoms with van der Waals surface area (Å²) in [7, 11) is 0. The number of carbonyl (C=O) groups excluding carboxylic acids is 2. The number of hydrogen-bond acceptors (Lipinski definition) is 4. The Morgan fingerprint density at radius 2 is 1.55 bits per heavy atom. The first kappa shape index (κ1) is 22.4. The van der Waals surface area contributed by atoms with Gasteiger partial charge in [0.2, 0.25) is 5.91 Å². The molecule has 0 radical (unpaired) electrons. The van der Waals surface area contributed by atoms with Gasteiger partial charge in [-0.1, -0.05) is 67.6 Å². The van der Waals surface area contributed by atoms with Gasteiger partial charge < -0.3 is 21.1 Å². The molecule has 0 bridgehead atoms. The summed E-state index contributed by atoms with van der Waals surface area (Å²) in [6, 6.07) is 23.3. The van der Waals surface area contributed by atoms with Crippen LogP contribution in [-0.2, 0) is 16.0 Å². The molecule has 0 aliphatic heterocycles. The van der Waals surface area contributed by atoms with Crippen molar-refractivity contribution in [2.45, 2.75) is 31.7 Å². The SMILES string of the molecule is CC[C@H](NC(=O)OCC1c2ccccc2-c2ccccc21)C(=O)NCCc1ccc(N)cc1. The molecule has 4 N–H and O–H groups in total. The number of ether oxygens (including phenoxy) is 1. The van der Waals surface area contributed by atoms with Gasteiger partial charge in [0.1, 0.15) is 12.6 Å². The van der Waals surface area contributed by atoms with E-state index in [9.17, 15) is 9.59 Å². The van der Waals surface area contributed by atoms with Gasteiger partial charge in [0, 0.05) is 18.2 Å². The van der Waals surface area contributed by atoms with Crippen LogP contribution in [0.25, 0.3) is 11.1 Å². The van der Waals surface area contributed by atoms with E-state index in [0.717, 1.165) is 16.7 Å². The Balaban J connectivity index is 1.29. The van der Waals surface area contributed by atoms with Crippen LogP contribution < -0.4 is 16.4 Å². The maximum Gasteiger partial charge on any atom is 0.407 e. The predicted molar refractivity (Wildman–Crippen MR) is 130 cm³/mol. The minimum Gasteiger partial charge on any atom is -0.449 e. The van der Waals surface area contributed by atoms with E-state index in [1.165, 1.54) is 11.1 Å². The Kier molecular flexibility index (Phi) is 6.93. The normalized spacial score (nSPS) is 13.0. The number of carbonyl (C=O) groups is 2. The molecule has 3 aromatic rings. The van der Waals surface area contributed by atoms with Crippen LogP contribution in [0.2, 0.25) is 0 Å². The average Bonchev–Trinajstić information content (AvgIpc) is 3.16. The molecule has 2 amide bonds. The number of nitrogens with two attached hydrogens (primary N) is 1. The molecule has 0 heterocycles. The van der Waals surface area contributed by atoms with Crippen molar-refractivity contribution in [2.24, 2.45) is 0 Å². The molecule has 0 saturated heterocycles. The van der Waals surface area contributed by atoms with Crippen molar-refractivity contribution in [3.05, 3.63) is 89.5 Å². The fourth-order valence-corrected chi connectivity index (χ4v) is 4.27. The number of nitrogens with one attached hydrogen (secondary N) is 2. The highest BCUT2D eigenvalue weighted by Crippen LogP contribution is 2.44. The lowest BCUT2D eigenvalue weighted by atomic mass is 9.98. The Morgan fingerprint density at radius 1 is 0.939 bits per heavy atom. The number of fused-ring (bicyclic) bond motifs is 3. The van der Waals surface area contributed by atoms with E-state index in [2.05, 4.69) is 34.9 Å². The van der Waals surface area contributed by atoms with Gasteiger partial charge >= 0.3 is 6.09 Å². The molecule has 1 aliphatic carbocycles. The van der Waals surface area contributed by atoms with Crippen LogP contribution in [0.3, 0.4) is 0 Å². The van der Waals surface area contributed by atoms with E-state index in [-0.39, 0.29) is 18.4 Å². The molecule has 0 aromatic heterocycles. The van der Waals surface area contributed by atoms with Crippen molar-refractivity contribution in [1.29, 1.82) is 0 Å². The number of anilines is 1. The summed E-state index contributed by atoms with van der Waals surface area (Å²) < 4.78 is 5.57. The summed E-state index contributed by atoms with van der Waals surface area (Å²) in [5.74, 6) is -0.238. The van der Waals surface area contributed by atoms with Gasteiger partial charge in [-0.25, -0.2) is 4.79 Å². The number of hydrogen-bond donors (Lipinski definition) is 3. The number of amides is 2. The molecule has 170 valence electrons. The molecular weight excluding hydrogens is 414 g/mol. The van der Waals surface area contributed by atoms with E-state index in [0.29, 0.717) is 25.1 Å². The first-order chi connectivity index (χ1) is 16.1. The third kappa shape index (κ3) is 5.17. The van der Waals surface area contributed by atoms with Gasteiger partial charge in [0.05, 0.1) is 0 Å². The molecule has 4 rings (SSSR count). The zero-order chi connectivity index (χ0) is 23.2. The number of benzene rings is 3. The molecule has 0 fully saturated rings. The fourth-order valence-electron chi connectivity index (χ4n) is 4.27. The summed E-state index contributed by atoms with van der Waals surface area (Å²) in [5, 5.41) is 5.59. The summed E-state index contributed by atoms with van der Waals surface area (Å²) in [4.78, 5) is 25.0. The van der Waals surface area contributed by atoms with Gasteiger partial charge in [0.25, 0.3) is 0 Å². The lowest BCUT2D eigenvalue weighted by Gasteiger charge is -2.18. The van der Waals surface area contributed by atoms with E-state index in [4.69, 9.17) is 10.5 Å². The Hall–Kier alpha value is -3.80. The van der Waals surface area contributed by atoms with Gasteiger partial charge in [-0.3, -0.25) is 4.79 Å². The smallest absolute Gasteiger partial charge is 0.407 e. The van der Waals surface area contributed by atoms with Crippen molar-refractivity contribution in [3.8, 4) is 11.1 Å². The van der Waals surface area contributed by atoms with E-state index >= 15 is 0 Å². The average molecular weight is 444 g/mol. The van der Waals surface area contributed by atoms with Crippen LogP contribution in [0.5, 0.6) is 0 Å². The highest BCUT2D eigenvalue weighted by molar-refractivity contribution is 5.85. The number of alkyl carbamates (subject to hydrolysis) is 1. The quantitative estimate of drug-likeness (QED) is 0.454. The molecule has 3 aromatic carbocycles. The number of nitrogen functional groups attached to an aromatic ring is 1. The minimum atomic E-state index is -0.646. The maximum atomic E-state index is 12.5. The van der Waals surface area contributed by atoms with E-state index in [1.54, 1.807) is 0 Å². The van der Waals surface area contributed by atoms with Crippen molar-refractivity contribution in [2.75, 3.05) is 18.9 Å². The first-order valence-corrected chi connectivity index (χ1v) is 11.3. The molecule has 6 heteroatoms.